The van der Waals surface area contributed by atoms with Crippen LogP contribution in [-0.4, -0.2) is 0 Å². The second kappa shape index (κ2) is 6.08. The lowest BCUT2D eigenvalue weighted by Gasteiger charge is -2.15. The topological polar surface area (TPSA) is 0 Å². The van der Waals surface area contributed by atoms with E-state index in [0.717, 1.165) is 11.8 Å². The number of rotatable bonds is 2. The molecule has 1 aromatic rings. The van der Waals surface area contributed by atoms with Gasteiger partial charge >= 0.3 is 0 Å². The molecule has 0 aromatic heterocycles. The van der Waals surface area contributed by atoms with E-state index in [1.54, 1.807) is 11.1 Å². The molecule has 0 bridgehead atoms. The zero-order valence-electron chi connectivity index (χ0n) is 9.51. The maximum Gasteiger partial charge on any atom is -0.0133 e. The van der Waals surface area contributed by atoms with Gasteiger partial charge in [0.05, 0.1) is 0 Å². The normalized spacial score (nSPS) is 17.6. The molecule has 0 amide bonds. The number of hydrogen-bond acceptors (Lipinski definition) is 0. The summed E-state index contributed by atoms with van der Waals surface area (Å²) in [5.41, 5.74) is 4.73. The van der Waals surface area contributed by atoms with E-state index in [-0.39, 0.29) is 14.9 Å². The smallest absolute Gasteiger partial charge is 0.0133 e. The summed E-state index contributed by atoms with van der Waals surface area (Å²) in [5, 5.41) is 0. The van der Waals surface area contributed by atoms with Gasteiger partial charge in [0.25, 0.3) is 0 Å². The molecule has 0 fully saturated rings. The van der Waals surface area contributed by atoms with Gasteiger partial charge in [-0.3, -0.25) is 0 Å². The molecule has 1 aromatic carbocycles. The van der Waals surface area contributed by atoms with Gasteiger partial charge in [-0.25, -0.2) is 0 Å². The van der Waals surface area contributed by atoms with Gasteiger partial charge in [0, 0.05) is 0 Å². The van der Waals surface area contributed by atoms with Crippen LogP contribution in [0.5, 0.6) is 0 Å². The molecule has 0 saturated carbocycles. The average Bonchev–Trinajstić information content (AvgIpc) is 2.59. The van der Waals surface area contributed by atoms with Crippen molar-refractivity contribution in [2.45, 2.75) is 60.8 Å². The van der Waals surface area contributed by atoms with Crippen LogP contribution in [0.3, 0.4) is 0 Å². The summed E-state index contributed by atoms with van der Waals surface area (Å²) in [4.78, 5) is 0. The fraction of sp³-hybridized carbons (Fsp3) is 0.625. The fourth-order valence-corrected chi connectivity index (χ4v) is 2.62. The van der Waals surface area contributed by atoms with Crippen molar-refractivity contribution >= 4 is 0 Å². The highest BCUT2D eigenvalue weighted by atomic mass is 14.3. The number of fused-ring (bicyclic) bond motifs is 1. The van der Waals surface area contributed by atoms with Crippen LogP contribution in [0.2, 0.25) is 0 Å². The van der Waals surface area contributed by atoms with E-state index in [1.165, 1.54) is 24.8 Å². The minimum atomic E-state index is 0. The Bertz CT molecular complexity index is 323. The van der Waals surface area contributed by atoms with E-state index in [9.17, 15) is 0 Å². The summed E-state index contributed by atoms with van der Waals surface area (Å²) >= 11 is 0. The van der Waals surface area contributed by atoms with Gasteiger partial charge in [-0.2, -0.15) is 0 Å². The molecule has 0 nitrogen and oxygen atoms in total. The minimum Gasteiger partial charge on any atom is -0.0776 e. The number of hydrogen-bond donors (Lipinski definition) is 0. The SMILES string of the molecule is C.C.CCc1ccc2c(c1)CCC2C(C)C. The summed E-state index contributed by atoms with van der Waals surface area (Å²) in [6, 6.07) is 7.09. The highest BCUT2D eigenvalue weighted by Gasteiger charge is 2.24. The van der Waals surface area contributed by atoms with Crippen molar-refractivity contribution in [2.24, 2.45) is 5.92 Å². The first-order valence-corrected chi connectivity index (χ1v) is 5.84. The Labute approximate surface area is 102 Å². The average molecular weight is 220 g/mol. The van der Waals surface area contributed by atoms with Crippen LogP contribution in [0.4, 0.5) is 0 Å². The first-order valence-electron chi connectivity index (χ1n) is 5.84. The van der Waals surface area contributed by atoms with Crippen LogP contribution >= 0.6 is 0 Å². The van der Waals surface area contributed by atoms with Crippen molar-refractivity contribution in [3.63, 3.8) is 0 Å². The summed E-state index contributed by atoms with van der Waals surface area (Å²) < 4.78 is 0. The van der Waals surface area contributed by atoms with E-state index in [1.807, 2.05) is 0 Å². The zero-order valence-corrected chi connectivity index (χ0v) is 9.51. The van der Waals surface area contributed by atoms with Crippen LogP contribution < -0.4 is 0 Å². The molecule has 92 valence electrons. The molecule has 1 aliphatic rings. The molecule has 1 unspecified atom stereocenters. The molecule has 0 heterocycles. The van der Waals surface area contributed by atoms with Crippen molar-refractivity contribution in [1.29, 1.82) is 0 Å². The standard InChI is InChI=1S/C14H20.2CH4/c1-4-11-5-7-14-12(9-11)6-8-13(14)10(2)3;;/h5,7,9-10,13H,4,6,8H2,1-3H3;2*1H4. The molecular weight excluding hydrogens is 192 g/mol. The van der Waals surface area contributed by atoms with Crippen LogP contribution in [0.15, 0.2) is 18.2 Å². The highest BCUT2D eigenvalue weighted by Crippen LogP contribution is 2.38. The third-order valence-electron chi connectivity index (χ3n) is 3.54. The first-order chi connectivity index (χ1) is 6.72. The zero-order chi connectivity index (χ0) is 10.1. The summed E-state index contributed by atoms with van der Waals surface area (Å²) in [6.45, 7) is 6.91. The highest BCUT2D eigenvalue weighted by molar-refractivity contribution is 5.38. The summed E-state index contributed by atoms with van der Waals surface area (Å²) in [6.07, 6.45) is 3.83. The van der Waals surface area contributed by atoms with Gasteiger partial charge in [-0.15, -0.1) is 0 Å². The Kier molecular flexibility index (Phi) is 5.78. The molecule has 1 atom stereocenters. The molecular formula is C16H28. The largest absolute Gasteiger partial charge is 0.0776 e. The quantitative estimate of drug-likeness (QED) is 0.642. The maximum absolute atomic E-state index is 2.41. The molecule has 0 saturated heterocycles. The summed E-state index contributed by atoms with van der Waals surface area (Å²) in [5.74, 6) is 1.61. The van der Waals surface area contributed by atoms with Crippen LogP contribution in [0, 0.1) is 5.92 Å². The minimum absolute atomic E-state index is 0. The molecule has 0 aliphatic heterocycles. The lowest BCUT2D eigenvalue weighted by molar-refractivity contribution is 0.496. The predicted octanol–water partition coefficient (Wildman–Crippen LogP) is 5.21. The first kappa shape index (κ1) is 15.2. The second-order valence-corrected chi connectivity index (χ2v) is 4.78. The van der Waals surface area contributed by atoms with Gasteiger partial charge in [-0.1, -0.05) is 53.8 Å². The van der Waals surface area contributed by atoms with Gasteiger partial charge < -0.3 is 0 Å². The molecule has 2 rings (SSSR count). The van der Waals surface area contributed by atoms with Crippen LogP contribution in [0.1, 0.15) is 64.7 Å². The Morgan fingerprint density at radius 2 is 1.94 bits per heavy atom. The molecule has 0 radical (unpaired) electrons. The Balaban J connectivity index is 0.00000112. The number of aryl methyl sites for hydroxylation is 2. The van der Waals surface area contributed by atoms with E-state index in [0.29, 0.717) is 0 Å². The van der Waals surface area contributed by atoms with Crippen molar-refractivity contribution in [2.75, 3.05) is 0 Å². The van der Waals surface area contributed by atoms with Crippen molar-refractivity contribution in [3.8, 4) is 0 Å². The van der Waals surface area contributed by atoms with E-state index >= 15 is 0 Å². The second-order valence-electron chi connectivity index (χ2n) is 4.78. The van der Waals surface area contributed by atoms with E-state index in [4.69, 9.17) is 0 Å². The summed E-state index contributed by atoms with van der Waals surface area (Å²) in [7, 11) is 0. The van der Waals surface area contributed by atoms with Crippen molar-refractivity contribution in [3.05, 3.63) is 34.9 Å². The Morgan fingerprint density at radius 3 is 2.50 bits per heavy atom. The van der Waals surface area contributed by atoms with Gasteiger partial charge in [-0.05, 0) is 47.8 Å². The molecule has 1 aliphatic carbocycles. The van der Waals surface area contributed by atoms with Crippen molar-refractivity contribution in [1.82, 2.24) is 0 Å². The maximum atomic E-state index is 2.41. The molecule has 16 heavy (non-hydrogen) atoms. The number of benzene rings is 1. The fourth-order valence-electron chi connectivity index (χ4n) is 2.62. The van der Waals surface area contributed by atoms with Gasteiger partial charge in [0.15, 0.2) is 0 Å². The van der Waals surface area contributed by atoms with Gasteiger partial charge in [0.1, 0.15) is 0 Å². The molecule has 0 heteroatoms. The lowest BCUT2D eigenvalue weighted by Crippen LogP contribution is -2.02. The monoisotopic (exact) mass is 220 g/mol. The molecule has 0 N–H and O–H groups in total. The van der Waals surface area contributed by atoms with Gasteiger partial charge in [0.2, 0.25) is 0 Å². The molecule has 0 spiro atoms. The predicted molar refractivity (Wildman–Crippen MR) is 75.2 cm³/mol. The lowest BCUT2D eigenvalue weighted by atomic mass is 9.90. The Morgan fingerprint density at radius 1 is 1.25 bits per heavy atom. The van der Waals surface area contributed by atoms with Crippen LogP contribution in [0.25, 0.3) is 0 Å². The third-order valence-corrected chi connectivity index (χ3v) is 3.54. The van der Waals surface area contributed by atoms with Crippen LogP contribution in [-0.2, 0) is 12.8 Å². The van der Waals surface area contributed by atoms with E-state index in [2.05, 4.69) is 39.0 Å². The van der Waals surface area contributed by atoms with Crippen molar-refractivity contribution < 1.29 is 0 Å². The van der Waals surface area contributed by atoms with E-state index < -0.39 is 0 Å². The Hall–Kier alpha value is -0.780. The third kappa shape index (κ3) is 2.66.